The maximum absolute atomic E-state index is 5.28. The lowest BCUT2D eigenvalue weighted by Gasteiger charge is -2.39. The Labute approximate surface area is 127 Å². The van der Waals surface area contributed by atoms with Gasteiger partial charge in [-0.2, -0.15) is 0 Å². The van der Waals surface area contributed by atoms with Crippen LogP contribution < -0.4 is 11.8 Å². The zero-order valence-electron chi connectivity index (χ0n) is 12.5. The Hall–Kier alpha value is -0.875. The van der Waals surface area contributed by atoms with Gasteiger partial charge in [0.2, 0.25) is 0 Å². The summed E-state index contributed by atoms with van der Waals surface area (Å²) in [7, 11) is -0.546. The summed E-state index contributed by atoms with van der Waals surface area (Å²) in [5, 5.41) is 0. The fraction of sp³-hybridized carbons (Fsp3) is 0.625. The van der Waals surface area contributed by atoms with E-state index in [9.17, 15) is 0 Å². The first kappa shape index (κ1) is 15.0. The number of rotatable bonds is 4. The average Bonchev–Trinajstić information content (AvgIpc) is 2.56. The fourth-order valence-corrected chi connectivity index (χ4v) is 4.30. The van der Waals surface area contributed by atoms with Crippen molar-refractivity contribution < 1.29 is 9.51 Å². The summed E-state index contributed by atoms with van der Waals surface area (Å²) in [6.07, 6.45) is 18.8. The van der Waals surface area contributed by atoms with Crippen LogP contribution in [0.15, 0.2) is 36.0 Å². The molecule has 4 atom stereocenters. The molecule has 0 radical (unpaired) electrons. The second-order valence-electron chi connectivity index (χ2n) is 6.46. The Kier molecular flexibility index (Phi) is 4.96. The lowest BCUT2D eigenvalue weighted by molar-refractivity contribution is 0.193. The monoisotopic (exact) mass is 288 g/mol. The second kappa shape index (κ2) is 6.92. The van der Waals surface area contributed by atoms with Crippen LogP contribution in [0.4, 0.5) is 0 Å². The largest absolute Gasteiger partial charge is 0.498 e. The normalized spacial score (nSPS) is 35.2. The van der Waals surface area contributed by atoms with Crippen LogP contribution in [0, 0.1) is 17.8 Å². The van der Waals surface area contributed by atoms with Gasteiger partial charge in [-0.15, -0.1) is 0 Å². The highest BCUT2D eigenvalue weighted by Gasteiger charge is 2.37. The molecule has 0 aromatic heterocycles. The van der Waals surface area contributed by atoms with Gasteiger partial charge in [0.15, 0.2) is 0 Å². The molecule has 3 aliphatic carbocycles. The van der Waals surface area contributed by atoms with Crippen LogP contribution in [-0.4, -0.2) is 7.12 Å². The molecule has 0 amide bonds. The van der Waals surface area contributed by atoms with Crippen LogP contribution >= 0.6 is 0 Å². The van der Waals surface area contributed by atoms with Gasteiger partial charge < -0.3 is 9.51 Å². The molecule has 5 heteroatoms. The van der Waals surface area contributed by atoms with Gasteiger partial charge in [-0.3, -0.25) is 0 Å². The minimum Gasteiger partial charge on any atom is -0.328 e. The highest BCUT2D eigenvalue weighted by Crippen LogP contribution is 2.45. The van der Waals surface area contributed by atoms with Crippen LogP contribution in [0.3, 0.4) is 0 Å². The number of allylic oxidation sites excluding steroid dienone is 6. The van der Waals surface area contributed by atoms with Crippen molar-refractivity contribution in [2.45, 2.75) is 44.3 Å². The second-order valence-corrected chi connectivity index (χ2v) is 6.46. The Morgan fingerprint density at radius 3 is 2.71 bits per heavy atom. The van der Waals surface area contributed by atoms with Gasteiger partial charge in [0, 0.05) is 5.82 Å². The molecular weight excluding hydrogens is 263 g/mol. The SMILES string of the molecule is NOB(ON)C1C=CCC(C2=CCCC3C=CCCC23)C1. The number of hydrogen-bond acceptors (Lipinski definition) is 4. The minimum atomic E-state index is -0.546. The van der Waals surface area contributed by atoms with Gasteiger partial charge in [0.25, 0.3) is 0 Å². The smallest absolute Gasteiger partial charge is 0.328 e. The van der Waals surface area contributed by atoms with Gasteiger partial charge in [0.05, 0.1) is 0 Å². The van der Waals surface area contributed by atoms with Crippen molar-refractivity contribution in [3.63, 3.8) is 0 Å². The maximum atomic E-state index is 5.28. The molecule has 4 N–H and O–H groups in total. The average molecular weight is 288 g/mol. The predicted octanol–water partition coefficient (Wildman–Crippen LogP) is 2.89. The molecule has 21 heavy (non-hydrogen) atoms. The van der Waals surface area contributed by atoms with Gasteiger partial charge in [0.1, 0.15) is 0 Å². The van der Waals surface area contributed by atoms with Crippen LogP contribution in [-0.2, 0) is 9.51 Å². The fourth-order valence-electron chi connectivity index (χ4n) is 4.30. The molecule has 0 fully saturated rings. The van der Waals surface area contributed by atoms with Crippen LogP contribution in [0.5, 0.6) is 0 Å². The van der Waals surface area contributed by atoms with Crippen molar-refractivity contribution in [2.75, 3.05) is 0 Å². The van der Waals surface area contributed by atoms with E-state index in [4.69, 9.17) is 21.3 Å². The van der Waals surface area contributed by atoms with Crippen molar-refractivity contribution in [2.24, 2.45) is 29.5 Å². The molecule has 3 aliphatic rings. The van der Waals surface area contributed by atoms with E-state index >= 15 is 0 Å². The third kappa shape index (κ3) is 3.16. The first-order chi connectivity index (χ1) is 10.3. The lowest BCUT2D eigenvalue weighted by atomic mass is 9.61. The van der Waals surface area contributed by atoms with Crippen molar-refractivity contribution in [1.82, 2.24) is 0 Å². The topological polar surface area (TPSA) is 70.5 Å². The van der Waals surface area contributed by atoms with Gasteiger partial charge in [-0.05, 0) is 56.3 Å². The Bertz CT molecular complexity index is 446. The van der Waals surface area contributed by atoms with Crippen molar-refractivity contribution in [3.8, 4) is 0 Å². The van der Waals surface area contributed by atoms with Gasteiger partial charge >= 0.3 is 7.12 Å². The molecule has 4 unspecified atom stereocenters. The van der Waals surface area contributed by atoms with E-state index in [1.54, 1.807) is 5.57 Å². The Morgan fingerprint density at radius 2 is 1.90 bits per heavy atom. The third-order valence-corrected chi connectivity index (χ3v) is 5.30. The van der Waals surface area contributed by atoms with E-state index in [-0.39, 0.29) is 5.82 Å². The highest BCUT2D eigenvalue weighted by molar-refractivity contribution is 6.46. The van der Waals surface area contributed by atoms with Crippen molar-refractivity contribution in [1.29, 1.82) is 0 Å². The standard InChI is InChI=1S/C16H25BN2O2/c18-20-17(21-19)14-8-3-7-13(11-14)16-10-4-6-12-5-1-2-9-15(12)16/h1,3,5,8,10,12-15H,2,4,6-7,9,11,18-19H2. The molecule has 0 saturated carbocycles. The molecule has 0 spiro atoms. The summed E-state index contributed by atoms with van der Waals surface area (Å²) in [6, 6.07) is 0. The summed E-state index contributed by atoms with van der Waals surface area (Å²) in [5.41, 5.74) is 1.65. The molecule has 0 saturated heterocycles. The zero-order chi connectivity index (χ0) is 14.7. The molecule has 0 heterocycles. The lowest BCUT2D eigenvalue weighted by Crippen LogP contribution is -2.36. The van der Waals surface area contributed by atoms with E-state index in [1.165, 1.54) is 25.7 Å². The summed E-state index contributed by atoms with van der Waals surface area (Å²) >= 11 is 0. The quantitative estimate of drug-likeness (QED) is 0.474. The molecule has 3 rings (SSSR count). The first-order valence-corrected chi connectivity index (χ1v) is 8.07. The summed E-state index contributed by atoms with van der Waals surface area (Å²) in [5.74, 6) is 12.8. The molecule has 4 nitrogen and oxygen atoms in total. The van der Waals surface area contributed by atoms with Crippen LogP contribution in [0.2, 0.25) is 5.82 Å². The molecule has 0 aliphatic heterocycles. The van der Waals surface area contributed by atoms with Crippen LogP contribution in [0.1, 0.15) is 38.5 Å². The molecule has 0 bridgehead atoms. The first-order valence-electron chi connectivity index (χ1n) is 8.07. The Balaban J connectivity index is 1.73. The molecular formula is C16H25BN2O2. The van der Waals surface area contributed by atoms with E-state index < -0.39 is 7.12 Å². The minimum absolute atomic E-state index is 0.138. The zero-order valence-corrected chi connectivity index (χ0v) is 12.5. The summed E-state index contributed by atoms with van der Waals surface area (Å²) in [4.78, 5) is 0. The van der Waals surface area contributed by atoms with Crippen molar-refractivity contribution in [3.05, 3.63) is 36.0 Å². The summed E-state index contributed by atoms with van der Waals surface area (Å²) < 4.78 is 9.70. The van der Waals surface area contributed by atoms with Gasteiger partial charge in [-0.1, -0.05) is 36.0 Å². The van der Waals surface area contributed by atoms with Gasteiger partial charge in [-0.25, -0.2) is 11.8 Å². The van der Waals surface area contributed by atoms with Crippen LogP contribution in [0.25, 0.3) is 0 Å². The Morgan fingerprint density at radius 1 is 1.05 bits per heavy atom. The van der Waals surface area contributed by atoms with Crippen molar-refractivity contribution >= 4 is 7.12 Å². The molecule has 114 valence electrons. The molecule has 0 aromatic carbocycles. The number of fused-ring (bicyclic) bond motifs is 1. The highest BCUT2D eigenvalue weighted by atomic mass is 16.7. The summed E-state index contributed by atoms with van der Waals surface area (Å²) in [6.45, 7) is 0. The third-order valence-electron chi connectivity index (χ3n) is 5.30. The number of nitrogens with two attached hydrogens (primary N) is 2. The van der Waals surface area contributed by atoms with E-state index in [1.807, 2.05) is 0 Å². The predicted molar refractivity (Wildman–Crippen MR) is 84.6 cm³/mol. The van der Waals surface area contributed by atoms with E-state index in [0.29, 0.717) is 5.92 Å². The van der Waals surface area contributed by atoms with E-state index in [0.717, 1.165) is 24.7 Å². The van der Waals surface area contributed by atoms with E-state index in [2.05, 4.69) is 30.4 Å². The molecule has 0 aromatic rings. The maximum Gasteiger partial charge on any atom is 0.498 e. The number of hydrogen-bond donors (Lipinski definition) is 2.